The van der Waals surface area contributed by atoms with Gasteiger partial charge in [0, 0.05) is 6.20 Å². The third kappa shape index (κ3) is 4.29. The molecule has 0 aliphatic carbocycles. The van der Waals surface area contributed by atoms with Crippen molar-refractivity contribution in [2.24, 2.45) is 0 Å². The molecular formula is C25H25N3O3. The molecule has 1 atom stereocenters. The molecule has 31 heavy (non-hydrogen) atoms. The van der Waals surface area contributed by atoms with Gasteiger partial charge in [-0.1, -0.05) is 54.6 Å². The predicted molar refractivity (Wildman–Crippen MR) is 119 cm³/mol. The van der Waals surface area contributed by atoms with Crippen LogP contribution in [0.4, 0.5) is 0 Å². The molecule has 2 aromatic carbocycles. The van der Waals surface area contributed by atoms with Crippen molar-refractivity contribution in [2.45, 2.75) is 26.5 Å². The molecule has 1 amide bonds. The van der Waals surface area contributed by atoms with Crippen LogP contribution in [0.2, 0.25) is 0 Å². The van der Waals surface area contributed by atoms with Crippen LogP contribution in [0.5, 0.6) is 5.75 Å². The Bertz CT molecular complexity index is 1200. The smallest absolute Gasteiger partial charge is 0.270 e. The first-order valence-corrected chi connectivity index (χ1v) is 10.2. The Morgan fingerprint density at radius 2 is 1.81 bits per heavy atom. The number of carbonyl (C=O) groups is 1. The summed E-state index contributed by atoms with van der Waals surface area (Å²) in [6, 6.07) is 20.6. The maximum absolute atomic E-state index is 13.1. The van der Waals surface area contributed by atoms with Gasteiger partial charge >= 0.3 is 0 Å². The summed E-state index contributed by atoms with van der Waals surface area (Å²) >= 11 is 0. The van der Waals surface area contributed by atoms with Gasteiger partial charge in [0.2, 0.25) is 0 Å². The van der Waals surface area contributed by atoms with Crippen molar-refractivity contribution in [3.63, 3.8) is 0 Å². The largest absolute Gasteiger partial charge is 0.485 e. The number of imidazole rings is 1. The highest BCUT2D eigenvalue weighted by Crippen LogP contribution is 2.24. The number of amides is 1. The first kappa shape index (κ1) is 20.6. The first-order chi connectivity index (χ1) is 15.1. The van der Waals surface area contributed by atoms with Gasteiger partial charge in [0.25, 0.3) is 5.91 Å². The van der Waals surface area contributed by atoms with E-state index in [1.165, 1.54) is 0 Å². The minimum Gasteiger partial charge on any atom is -0.485 e. The predicted octanol–water partition coefficient (Wildman–Crippen LogP) is 3.99. The molecule has 4 aromatic rings. The van der Waals surface area contributed by atoms with Gasteiger partial charge in [-0.3, -0.25) is 9.20 Å². The number of nitrogens with one attached hydrogen (secondary N) is 1. The van der Waals surface area contributed by atoms with E-state index >= 15 is 0 Å². The number of pyridine rings is 1. The number of ether oxygens (including phenoxy) is 1. The highest BCUT2D eigenvalue weighted by Gasteiger charge is 2.22. The van der Waals surface area contributed by atoms with Crippen LogP contribution in [-0.4, -0.2) is 27.0 Å². The van der Waals surface area contributed by atoms with Gasteiger partial charge in [-0.25, -0.2) is 4.98 Å². The second-order valence-corrected chi connectivity index (χ2v) is 7.45. The van der Waals surface area contributed by atoms with Crippen molar-refractivity contribution in [3.05, 3.63) is 101 Å². The van der Waals surface area contributed by atoms with E-state index in [2.05, 4.69) is 10.3 Å². The molecule has 0 aliphatic heterocycles. The average molecular weight is 415 g/mol. The molecule has 0 aliphatic rings. The van der Waals surface area contributed by atoms with Crippen molar-refractivity contribution >= 4 is 11.6 Å². The van der Waals surface area contributed by atoms with E-state index in [0.29, 0.717) is 29.4 Å². The maximum atomic E-state index is 13.1. The van der Waals surface area contributed by atoms with E-state index in [9.17, 15) is 9.90 Å². The van der Waals surface area contributed by atoms with E-state index < -0.39 is 6.04 Å². The van der Waals surface area contributed by atoms with E-state index in [-0.39, 0.29) is 12.5 Å². The van der Waals surface area contributed by atoms with Gasteiger partial charge in [0.15, 0.2) is 11.4 Å². The third-order valence-electron chi connectivity index (χ3n) is 5.34. The van der Waals surface area contributed by atoms with E-state index in [1.807, 2.05) is 73.7 Å². The minimum atomic E-state index is -0.501. The summed E-state index contributed by atoms with van der Waals surface area (Å²) in [4.78, 5) is 17.7. The molecule has 2 N–H and O–H groups in total. The van der Waals surface area contributed by atoms with Gasteiger partial charge in [-0.2, -0.15) is 0 Å². The highest BCUT2D eigenvalue weighted by molar-refractivity contribution is 5.95. The second kappa shape index (κ2) is 9.02. The molecule has 0 spiro atoms. The zero-order chi connectivity index (χ0) is 21.8. The standard InChI is InChI=1S/C25H25N3O3/c1-17-9-6-7-12-20(17)16-31-22-13-8-14-28-23(18(2)26-24(22)28)25(30)27-21(15-29)19-10-4-3-5-11-19/h3-14,21,29H,15-16H2,1-2H3,(H,27,30)/t21-/m0/s1. The summed E-state index contributed by atoms with van der Waals surface area (Å²) in [5.41, 5.74) is 4.69. The molecule has 0 radical (unpaired) electrons. The number of nitrogens with zero attached hydrogens (tertiary/aromatic N) is 2. The number of aliphatic hydroxyl groups excluding tert-OH is 1. The van der Waals surface area contributed by atoms with Gasteiger partial charge in [0.05, 0.1) is 18.3 Å². The average Bonchev–Trinajstić information content (AvgIpc) is 3.14. The normalized spacial score (nSPS) is 12.0. The summed E-state index contributed by atoms with van der Waals surface area (Å²) in [5, 5.41) is 12.7. The van der Waals surface area contributed by atoms with Crippen LogP contribution in [0, 0.1) is 13.8 Å². The molecule has 0 saturated heterocycles. The lowest BCUT2D eigenvalue weighted by atomic mass is 10.1. The molecule has 0 unspecified atom stereocenters. The van der Waals surface area contributed by atoms with Crippen LogP contribution < -0.4 is 10.1 Å². The molecule has 0 saturated carbocycles. The quantitative estimate of drug-likeness (QED) is 0.479. The molecule has 158 valence electrons. The SMILES string of the molecule is Cc1ccccc1COc1cccn2c(C(=O)N[C@@H](CO)c3ccccc3)c(C)nc12. The fourth-order valence-corrected chi connectivity index (χ4v) is 3.62. The van der Waals surface area contributed by atoms with Crippen molar-refractivity contribution in [3.8, 4) is 5.75 Å². The number of carbonyl (C=O) groups excluding carboxylic acids is 1. The number of aliphatic hydroxyl groups is 1. The van der Waals surface area contributed by atoms with Gasteiger partial charge in [-0.05, 0) is 42.7 Å². The second-order valence-electron chi connectivity index (χ2n) is 7.45. The molecule has 0 fully saturated rings. The zero-order valence-corrected chi connectivity index (χ0v) is 17.6. The van der Waals surface area contributed by atoms with Crippen LogP contribution in [-0.2, 0) is 6.61 Å². The van der Waals surface area contributed by atoms with Crippen molar-refractivity contribution in [2.75, 3.05) is 6.61 Å². The lowest BCUT2D eigenvalue weighted by molar-refractivity contribution is 0.0909. The van der Waals surface area contributed by atoms with Crippen molar-refractivity contribution in [1.29, 1.82) is 0 Å². The Morgan fingerprint density at radius 3 is 2.55 bits per heavy atom. The van der Waals surface area contributed by atoms with Gasteiger partial charge in [0.1, 0.15) is 12.3 Å². The van der Waals surface area contributed by atoms with Crippen LogP contribution in [0.25, 0.3) is 5.65 Å². The number of benzene rings is 2. The molecule has 4 rings (SSSR count). The summed E-state index contributed by atoms with van der Waals surface area (Å²) in [6.45, 7) is 4.06. The Labute approximate surface area is 181 Å². The number of aryl methyl sites for hydroxylation is 2. The van der Waals surface area contributed by atoms with Gasteiger partial charge < -0.3 is 15.2 Å². The van der Waals surface area contributed by atoms with E-state index in [0.717, 1.165) is 16.7 Å². The Kier molecular flexibility index (Phi) is 6.00. The topological polar surface area (TPSA) is 75.9 Å². The number of hydrogen-bond donors (Lipinski definition) is 2. The molecule has 6 nitrogen and oxygen atoms in total. The van der Waals surface area contributed by atoms with Crippen LogP contribution >= 0.6 is 0 Å². The van der Waals surface area contributed by atoms with E-state index in [4.69, 9.17) is 4.74 Å². The number of fused-ring (bicyclic) bond motifs is 1. The molecule has 0 bridgehead atoms. The molecular weight excluding hydrogens is 390 g/mol. The fraction of sp³-hybridized carbons (Fsp3) is 0.200. The summed E-state index contributed by atoms with van der Waals surface area (Å²) in [6.07, 6.45) is 1.79. The van der Waals surface area contributed by atoms with Crippen LogP contribution in [0.1, 0.15) is 38.9 Å². The Hall–Kier alpha value is -3.64. The summed E-state index contributed by atoms with van der Waals surface area (Å²) < 4.78 is 7.78. The van der Waals surface area contributed by atoms with Gasteiger partial charge in [-0.15, -0.1) is 0 Å². The van der Waals surface area contributed by atoms with Crippen molar-refractivity contribution < 1.29 is 14.6 Å². The van der Waals surface area contributed by atoms with Crippen molar-refractivity contribution in [1.82, 2.24) is 14.7 Å². The monoisotopic (exact) mass is 415 g/mol. The Morgan fingerprint density at radius 1 is 1.06 bits per heavy atom. The third-order valence-corrected chi connectivity index (χ3v) is 5.34. The fourth-order valence-electron chi connectivity index (χ4n) is 3.62. The Balaban J connectivity index is 1.60. The minimum absolute atomic E-state index is 0.198. The number of aromatic nitrogens is 2. The zero-order valence-electron chi connectivity index (χ0n) is 17.6. The summed E-state index contributed by atoms with van der Waals surface area (Å²) in [5.74, 6) is 0.304. The molecule has 2 heterocycles. The lowest BCUT2D eigenvalue weighted by Crippen LogP contribution is -2.32. The number of rotatable bonds is 7. The first-order valence-electron chi connectivity index (χ1n) is 10.2. The lowest BCUT2D eigenvalue weighted by Gasteiger charge is -2.17. The number of hydrogen-bond acceptors (Lipinski definition) is 4. The highest BCUT2D eigenvalue weighted by atomic mass is 16.5. The molecule has 6 heteroatoms. The maximum Gasteiger partial charge on any atom is 0.270 e. The summed E-state index contributed by atoms with van der Waals surface area (Å²) in [7, 11) is 0. The van der Waals surface area contributed by atoms with Crippen LogP contribution in [0.3, 0.4) is 0 Å². The van der Waals surface area contributed by atoms with E-state index in [1.54, 1.807) is 17.5 Å². The van der Waals surface area contributed by atoms with Crippen LogP contribution in [0.15, 0.2) is 72.9 Å². The molecule has 2 aromatic heterocycles.